The van der Waals surface area contributed by atoms with Gasteiger partial charge in [0.15, 0.2) is 0 Å². The van der Waals surface area contributed by atoms with E-state index in [1.807, 2.05) is 0 Å². The highest BCUT2D eigenvalue weighted by Crippen LogP contribution is 2.35. The van der Waals surface area contributed by atoms with Crippen LogP contribution in [0.15, 0.2) is 18.5 Å². The summed E-state index contributed by atoms with van der Waals surface area (Å²) in [7, 11) is 0. The van der Waals surface area contributed by atoms with Crippen LogP contribution in [0.1, 0.15) is 31.7 Å². The lowest BCUT2D eigenvalue weighted by atomic mass is 10.2. The highest BCUT2D eigenvalue weighted by molar-refractivity contribution is 5.53. The summed E-state index contributed by atoms with van der Waals surface area (Å²) in [6, 6.07) is 1.80. The maximum Gasteiger partial charge on any atom is 0.405 e. The van der Waals surface area contributed by atoms with Gasteiger partial charge in [-0.2, -0.15) is 13.2 Å². The average molecular weight is 287 g/mol. The second-order valence-corrected chi connectivity index (χ2v) is 5.16. The van der Waals surface area contributed by atoms with Gasteiger partial charge in [0.1, 0.15) is 6.54 Å². The van der Waals surface area contributed by atoms with E-state index < -0.39 is 12.7 Å². The van der Waals surface area contributed by atoms with E-state index in [2.05, 4.69) is 17.2 Å². The van der Waals surface area contributed by atoms with Crippen LogP contribution in [0.5, 0.6) is 0 Å². The van der Waals surface area contributed by atoms with Crippen LogP contribution in [0, 0.1) is 0 Å². The first-order valence-electron chi connectivity index (χ1n) is 6.98. The molecule has 1 fully saturated rings. The Morgan fingerprint density at radius 2 is 2.15 bits per heavy atom. The molecule has 1 aromatic rings. The van der Waals surface area contributed by atoms with E-state index in [-0.39, 0.29) is 6.04 Å². The molecule has 112 valence electrons. The summed E-state index contributed by atoms with van der Waals surface area (Å²) in [5, 5.41) is 3.23. The Morgan fingerprint density at radius 3 is 2.75 bits per heavy atom. The second-order valence-electron chi connectivity index (χ2n) is 5.16. The molecule has 0 saturated heterocycles. The highest BCUT2D eigenvalue weighted by Gasteiger charge is 2.38. The van der Waals surface area contributed by atoms with Gasteiger partial charge in [-0.25, -0.2) is 0 Å². The first kappa shape index (κ1) is 15.1. The summed E-state index contributed by atoms with van der Waals surface area (Å²) in [5.41, 5.74) is 1.49. The molecule has 1 N–H and O–H groups in total. The summed E-state index contributed by atoms with van der Waals surface area (Å²) in [6.07, 6.45) is 1.64. The Morgan fingerprint density at radius 1 is 1.40 bits per heavy atom. The lowest BCUT2D eigenvalue weighted by Gasteiger charge is -2.27. The minimum absolute atomic E-state index is 0.00532. The summed E-state index contributed by atoms with van der Waals surface area (Å²) in [6.45, 7) is 2.59. The predicted molar refractivity (Wildman–Crippen MR) is 72.7 cm³/mol. The molecule has 0 bridgehead atoms. The van der Waals surface area contributed by atoms with Crippen molar-refractivity contribution >= 4 is 5.69 Å². The number of alkyl halides is 3. The molecule has 0 aromatic carbocycles. The molecule has 3 nitrogen and oxygen atoms in total. The molecular formula is C14H20F3N3. The highest BCUT2D eigenvalue weighted by atomic mass is 19.4. The maximum atomic E-state index is 12.7. The number of nitrogens with zero attached hydrogens (tertiary/aromatic N) is 2. The van der Waals surface area contributed by atoms with Crippen molar-refractivity contribution in [3.8, 4) is 0 Å². The molecule has 0 spiro atoms. The van der Waals surface area contributed by atoms with Crippen molar-refractivity contribution in [3.63, 3.8) is 0 Å². The third-order valence-corrected chi connectivity index (χ3v) is 3.28. The third-order valence-electron chi connectivity index (χ3n) is 3.28. The van der Waals surface area contributed by atoms with E-state index in [0.717, 1.165) is 31.4 Å². The number of pyridine rings is 1. The van der Waals surface area contributed by atoms with Gasteiger partial charge in [0, 0.05) is 18.8 Å². The van der Waals surface area contributed by atoms with Crippen LogP contribution in [0.2, 0.25) is 0 Å². The monoisotopic (exact) mass is 287 g/mol. The Hall–Kier alpha value is -1.30. The van der Waals surface area contributed by atoms with Gasteiger partial charge in [0.2, 0.25) is 0 Å². The largest absolute Gasteiger partial charge is 0.405 e. The Balaban J connectivity index is 2.15. The van der Waals surface area contributed by atoms with Crippen molar-refractivity contribution in [2.45, 2.75) is 44.9 Å². The number of nitrogens with one attached hydrogen (secondary N) is 1. The van der Waals surface area contributed by atoms with Crippen molar-refractivity contribution in [2.24, 2.45) is 0 Å². The lowest BCUT2D eigenvalue weighted by Crippen LogP contribution is -2.37. The zero-order valence-corrected chi connectivity index (χ0v) is 11.6. The number of aromatic nitrogens is 1. The predicted octanol–water partition coefficient (Wildman–Crippen LogP) is 3.11. The fourth-order valence-corrected chi connectivity index (χ4v) is 2.21. The van der Waals surface area contributed by atoms with Gasteiger partial charge in [-0.3, -0.25) is 4.98 Å². The molecule has 0 unspecified atom stereocenters. The standard InChI is InChI=1S/C14H20F3N3/c1-2-6-18-8-11-5-7-19-9-13(11)20(12-3-4-12)10-14(15,16)17/h5,7,9,12,18H,2-4,6,8,10H2,1H3. The van der Waals surface area contributed by atoms with Crippen LogP contribution < -0.4 is 10.2 Å². The van der Waals surface area contributed by atoms with E-state index in [1.54, 1.807) is 18.5 Å². The molecule has 1 aromatic heterocycles. The molecule has 20 heavy (non-hydrogen) atoms. The number of anilines is 1. The zero-order chi connectivity index (χ0) is 14.6. The van der Waals surface area contributed by atoms with Gasteiger partial charge >= 0.3 is 6.18 Å². The summed E-state index contributed by atoms with van der Waals surface area (Å²) < 4.78 is 38.2. The van der Waals surface area contributed by atoms with Crippen LogP contribution in [-0.4, -0.2) is 30.3 Å². The maximum absolute atomic E-state index is 12.7. The fraction of sp³-hybridized carbons (Fsp3) is 0.643. The van der Waals surface area contributed by atoms with Crippen molar-refractivity contribution in [2.75, 3.05) is 18.0 Å². The Kier molecular flexibility index (Phi) is 4.86. The van der Waals surface area contributed by atoms with Crippen LogP contribution in [0.4, 0.5) is 18.9 Å². The van der Waals surface area contributed by atoms with Crippen LogP contribution in [0.25, 0.3) is 0 Å². The molecule has 0 amide bonds. The van der Waals surface area contributed by atoms with E-state index in [4.69, 9.17) is 0 Å². The quantitative estimate of drug-likeness (QED) is 0.781. The van der Waals surface area contributed by atoms with Crippen LogP contribution in [0.3, 0.4) is 0 Å². The number of rotatable bonds is 7. The van der Waals surface area contributed by atoms with Crippen molar-refractivity contribution in [3.05, 3.63) is 24.0 Å². The molecule has 6 heteroatoms. The first-order valence-corrected chi connectivity index (χ1v) is 6.98. The second kappa shape index (κ2) is 6.43. The zero-order valence-electron chi connectivity index (χ0n) is 11.6. The fourth-order valence-electron chi connectivity index (χ4n) is 2.21. The molecular weight excluding hydrogens is 267 g/mol. The molecule has 0 aliphatic heterocycles. The molecule has 1 saturated carbocycles. The van der Waals surface area contributed by atoms with Gasteiger partial charge in [0.25, 0.3) is 0 Å². The van der Waals surface area contributed by atoms with Gasteiger partial charge in [-0.05, 0) is 37.4 Å². The molecule has 1 heterocycles. The topological polar surface area (TPSA) is 28.2 Å². The van der Waals surface area contributed by atoms with Crippen LogP contribution in [-0.2, 0) is 6.54 Å². The van der Waals surface area contributed by atoms with E-state index in [9.17, 15) is 13.2 Å². The SMILES string of the molecule is CCCNCc1ccncc1N(CC(F)(F)F)C1CC1. The lowest BCUT2D eigenvalue weighted by molar-refractivity contribution is -0.120. The van der Waals surface area contributed by atoms with Gasteiger partial charge in [0.05, 0.1) is 11.9 Å². The Labute approximate surface area is 117 Å². The van der Waals surface area contributed by atoms with E-state index >= 15 is 0 Å². The molecule has 0 atom stereocenters. The minimum Gasteiger partial charge on any atom is -0.358 e. The smallest absolute Gasteiger partial charge is 0.358 e. The summed E-state index contributed by atoms with van der Waals surface area (Å²) in [5.74, 6) is 0. The number of hydrogen-bond acceptors (Lipinski definition) is 3. The van der Waals surface area contributed by atoms with Crippen LogP contribution >= 0.6 is 0 Å². The van der Waals surface area contributed by atoms with Gasteiger partial charge < -0.3 is 10.2 Å². The first-order chi connectivity index (χ1) is 9.51. The van der Waals surface area contributed by atoms with Crippen molar-refractivity contribution in [1.82, 2.24) is 10.3 Å². The number of hydrogen-bond donors (Lipinski definition) is 1. The normalized spacial score (nSPS) is 15.4. The molecule has 1 aliphatic carbocycles. The molecule has 1 aliphatic rings. The Bertz CT molecular complexity index is 430. The van der Waals surface area contributed by atoms with Crippen molar-refractivity contribution < 1.29 is 13.2 Å². The minimum atomic E-state index is -4.19. The third kappa shape index (κ3) is 4.37. The number of halogens is 3. The molecule has 2 rings (SSSR count). The van der Waals surface area contributed by atoms with Gasteiger partial charge in [-0.15, -0.1) is 0 Å². The van der Waals surface area contributed by atoms with Crippen molar-refractivity contribution in [1.29, 1.82) is 0 Å². The van der Waals surface area contributed by atoms with Gasteiger partial charge in [-0.1, -0.05) is 6.92 Å². The summed E-state index contributed by atoms with van der Waals surface area (Å²) >= 11 is 0. The summed E-state index contributed by atoms with van der Waals surface area (Å²) in [4.78, 5) is 5.45. The average Bonchev–Trinajstić information content (AvgIpc) is 3.20. The van der Waals surface area contributed by atoms with E-state index in [0.29, 0.717) is 12.2 Å². The van der Waals surface area contributed by atoms with E-state index in [1.165, 1.54) is 4.90 Å². The molecule has 0 radical (unpaired) electrons.